The van der Waals surface area contributed by atoms with E-state index >= 15 is 0 Å². The summed E-state index contributed by atoms with van der Waals surface area (Å²) >= 11 is 0. The number of nitrogens with zero attached hydrogens (tertiary/aromatic N) is 3. The molecular formula is C27H29N3O4. The molecule has 34 heavy (non-hydrogen) atoms. The number of benzene rings is 2. The maximum absolute atomic E-state index is 13.1. The molecule has 0 aliphatic carbocycles. The van der Waals surface area contributed by atoms with Crippen LogP contribution in [-0.4, -0.2) is 44.4 Å². The van der Waals surface area contributed by atoms with E-state index in [1.54, 1.807) is 35.6 Å². The molecule has 2 heterocycles. The van der Waals surface area contributed by atoms with Gasteiger partial charge < -0.3 is 19.3 Å². The third kappa shape index (κ3) is 5.03. The lowest BCUT2D eigenvalue weighted by Crippen LogP contribution is -2.31. The Morgan fingerprint density at radius 3 is 2.62 bits per heavy atom. The summed E-state index contributed by atoms with van der Waals surface area (Å²) in [5, 5.41) is 11.2. The second-order valence-corrected chi connectivity index (χ2v) is 8.29. The minimum atomic E-state index is -0.675. The SMILES string of the molecule is CCCCOc1cccc(C(O)=C2C(=O)C(=O)N(CCCn3ccnc3)C2c2ccccc2)c1. The van der Waals surface area contributed by atoms with Crippen LogP contribution < -0.4 is 4.74 Å². The van der Waals surface area contributed by atoms with Gasteiger partial charge in [-0.2, -0.15) is 0 Å². The Labute approximate surface area is 199 Å². The fourth-order valence-corrected chi connectivity index (χ4v) is 4.16. The van der Waals surface area contributed by atoms with Crippen molar-refractivity contribution in [1.82, 2.24) is 14.5 Å². The van der Waals surface area contributed by atoms with Crippen molar-refractivity contribution in [1.29, 1.82) is 0 Å². The maximum Gasteiger partial charge on any atom is 0.295 e. The molecule has 3 aromatic rings. The predicted octanol–water partition coefficient (Wildman–Crippen LogP) is 4.57. The summed E-state index contributed by atoms with van der Waals surface area (Å²) in [6.07, 6.45) is 7.87. The van der Waals surface area contributed by atoms with Crippen LogP contribution in [0.4, 0.5) is 0 Å². The first kappa shape index (κ1) is 23.3. The first-order valence-electron chi connectivity index (χ1n) is 11.6. The minimum Gasteiger partial charge on any atom is -0.507 e. The molecule has 7 heteroatoms. The molecule has 1 amide bonds. The van der Waals surface area contributed by atoms with Crippen molar-refractivity contribution in [3.8, 4) is 5.75 Å². The van der Waals surface area contributed by atoms with Crippen molar-refractivity contribution < 1.29 is 19.4 Å². The largest absolute Gasteiger partial charge is 0.507 e. The number of aryl methyl sites for hydroxylation is 1. The highest BCUT2D eigenvalue weighted by molar-refractivity contribution is 6.46. The Morgan fingerprint density at radius 1 is 1.06 bits per heavy atom. The van der Waals surface area contributed by atoms with Gasteiger partial charge in [-0.05, 0) is 30.5 Å². The van der Waals surface area contributed by atoms with E-state index in [9.17, 15) is 14.7 Å². The number of aromatic nitrogens is 2. The number of unbranched alkanes of at least 4 members (excludes halogenated alkanes) is 1. The molecule has 1 aliphatic rings. The van der Waals surface area contributed by atoms with Crippen molar-refractivity contribution in [2.45, 2.75) is 38.8 Å². The Balaban J connectivity index is 1.66. The van der Waals surface area contributed by atoms with Crippen LogP contribution in [-0.2, 0) is 16.1 Å². The van der Waals surface area contributed by atoms with Gasteiger partial charge in [0.25, 0.3) is 11.7 Å². The van der Waals surface area contributed by atoms with Crippen LogP contribution in [0.3, 0.4) is 0 Å². The molecule has 2 aromatic carbocycles. The number of likely N-dealkylation sites (tertiary alicyclic amines) is 1. The molecule has 4 rings (SSSR count). The first-order chi connectivity index (χ1) is 16.6. The van der Waals surface area contributed by atoms with Crippen LogP contribution in [0.25, 0.3) is 5.76 Å². The molecule has 7 nitrogen and oxygen atoms in total. The lowest BCUT2D eigenvalue weighted by Gasteiger charge is -2.25. The number of aliphatic hydroxyl groups is 1. The smallest absolute Gasteiger partial charge is 0.295 e. The van der Waals surface area contributed by atoms with E-state index in [1.807, 2.05) is 47.2 Å². The lowest BCUT2D eigenvalue weighted by atomic mass is 9.95. The number of Topliss-reactive ketones (excluding diaryl/α,β-unsaturated/α-hetero) is 1. The zero-order valence-corrected chi connectivity index (χ0v) is 19.3. The molecule has 0 radical (unpaired) electrons. The van der Waals surface area contributed by atoms with E-state index in [2.05, 4.69) is 11.9 Å². The van der Waals surface area contributed by atoms with Crippen LogP contribution in [0.15, 0.2) is 78.9 Å². The minimum absolute atomic E-state index is 0.101. The number of ketones is 1. The second kappa shape index (κ2) is 10.8. The molecule has 1 fully saturated rings. The molecule has 0 saturated carbocycles. The zero-order chi connectivity index (χ0) is 23.9. The third-order valence-corrected chi connectivity index (χ3v) is 5.90. The van der Waals surface area contributed by atoms with Crippen molar-refractivity contribution in [3.05, 3.63) is 90.0 Å². The zero-order valence-electron chi connectivity index (χ0n) is 19.3. The summed E-state index contributed by atoms with van der Waals surface area (Å²) in [5.41, 5.74) is 1.33. The Morgan fingerprint density at radius 2 is 1.88 bits per heavy atom. The number of ether oxygens (including phenoxy) is 1. The van der Waals surface area contributed by atoms with Crippen molar-refractivity contribution in [2.75, 3.05) is 13.2 Å². The second-order valence-electron chi connectivity index (χ2n) is 8.29. The van der Waals surface area contributed by atoms with Crippen LogP contribution in [0.5, 0.6) is 5.75 Å². The van der Waals surface area contributed by atoms with Crippen LogP contribution >= 0.6 is 0 Å². The maximum atomic E-state index is 13.1. The molecule has 0 bridgehead atoms. The van der Waals surface area contributed by atoms with Gasteiger partial charge in [-0.1, -0.05) is 55.8 Å². The summed E-state index contributed by atoms with van der Waals surface area (Å²) in [6, 6.07) is 15.7. The Bertz CT molecular complexity index is 1160. The lowest BCUT2D eigenvalue weighted by molar-refractivity contribution is -0.139. The summed E-state index contributed by atoms with van der Waals surface area (Å²) in [5.74, 6) is -0.851. The number of carbonyl (C=O) groups is 2. The molecule has 1 aromatic heterocycles. The third-order valence-electron chi connectivity index (χ3n) is 5.90. The standard InChI is InChI=1S/C27H29N3O4/c1-2-3-17-34-22-12-7-11-21(18-22)25(31)23-24(20-9-5-4-6-10-20)30(27(33)26(23)32)15-8-14-29-16-13-28-19-29/h4-7,9-13,16,18-19,24,31H,2-3,8,14-15,17H2,1H3. The van der Waals surface area contributed by atoms with Gasteiger partial charge >= 0.3 is 0 Å². The number of imidazole rings is 1. The summed E-state index contributed by atoms with van der Waals surface area (Å²) in [4.78, 5) is 31.8. The molecule has 0 spiro atoms. The van der Waals surface area contributed by atoms with E-state index < -0.39 is 17.7 Å². The van der Waals surface area contributed by atoms with Crippen molar-refractivity contribution in [2.24, 2.45) is 0 Å². The van der Waals surface area contributed by atoms with Crippen molar-refractivity contribution >= 4 is 17.4 Å². The van der Waals surface area contributed by atoms with Crippen LogP contribution in [0.2, 0.25) is 0 Å². The molecule has 1 unspecified atom stereocenters. The summed E-state index contributed by atoms with van der Waals surface area (Å²) in [6.45, 7) is 3.70. The average Bonchev–Trinajstić information content (AvgIpc) is 3.47. The summed E-state index contributed by atoms with van der Waals surface area (Å²) < 4.78 is 7.69. The molecule has 1 N–H and O–H groups in total. The molecule has 1 aliphatic heterocycles. The first-order valence-corrected chi connectivity index (χ1v) is 11.6. The Hall–Kier alpha value is -3.87. The molecule has 176 valence electrons. The number of amides is 1. The highest BCUT2D eigenvalue weighted by atomic mass is 16.5. The molecular weight excluding hydrogens is 430 g/mol. The highest BCUT2D eigenvalue weighted by Gasteiger charge is 2.45. The number of aliphatic hydroxyl groups excluding tert-OH is 1. The van der Waals surface area contributed by atoms with Gasteiger partial charge in [0.15, 0.2) is 0 Å². The van der Waals surface area contributed by atoms with Gasteiger partial charge in [0, 0.05) is 31.0 Å². The van der Waals surface area contributed by atoms with Gasteiger partial charge in [0.05, 0.1) is 24.5 Å². The van der Waals surface area contributed by atoms with Gasteiger partial charge in [-0.25, -0.2) is 4.98 Å². The van der Waals surface area contributed by atoms with E-state index in [4.69, 9.17) is 4.74 Å². The average molecular weight is 460 g/mol. The Kier molecular flexibility index (Phi) is 7.42. The number of hydrogen-bond donors (Lipinski definition) is 1. The van der Waals surface area contributed by atoms with Gasteiger partial charge in [0.2, 0.25) is 0 Å². The highest BCUT2D eigenvalue weighted by Crippen LogP contribution is 2.39. The normalized spacial score (nSPS) is 17.3. The van der Waals surface area contributed by atoms with Crippen LogP contribution in [0, 0.1) is 0 Å². The van der Waals surface area contributed by atoms with Crippen LogP contribution in [0.1, 0.15) is 43.4 Å². The van der Waals surface area contributed by atoms with Gasteiger partial charge in [-0.3, -0.25) is 9.59 Å². The van der Waals surface area contributed by atoms with E-state index in [0.717, 1.165) is 18.4 Å². The molecule has 1 saturated heterocycles. The summed E-state index contributed by atoms with van der Waals surface area (Å²) in [7, 11) is 0. The quantitative estimate of drug-likeness (QED) is 0.208. The number of hydrogen-bond acceptors (Lipinski definition) is 5. The number of carbonyl (C=O) groups excluding carboxylic acids is 2. The fraction of sp³-hybridized carbons (Fsp3) is 0.296. The topological polar surface area (TPSA) is 84.7 Å². The predicted molar refractivity (Wildman–Crippen MR) is 129 cm³/mol. The fourth-order valence-electron chi connectivity index (χ4n) is 4.16. The molecule has 1 atom stereocenters. The monoisotopic (exact) mass is 459 g/mol. The van der Waals surface area contributed by atoms with Gasteiger partial charge in [0.1, 0.15) is 11.5 Å². The van der Waals surface area contributed by atoms with E-state index in [0.29, 0.717) is 37.4 Å². The van der Waals surface area contributed by atoms with Crippen molar-refractivity contribution in [3.63, 3.8) is 0 Å². The van der Waals surface area contributed by atoms with E-state index in [-0.39, 0.29) is 11.3 Å². The van der Waals surface area contributed by atoms with Gasteiger partial charge in [-0.15, -0.1) is 0 Å². The number of rotatable bonds is 10. The van der Waals surface area contributed by atoms with E-state index in [1.165, 1.54) is 0 Å².